The van der Waals surface area contributed by atoms with E-state index in [1.807, 2.05) is 30.3 Å². The number of aliphatic hydroxyl groups is 1. The molecule has 2 aromatic rings. The molecule has 0 fully saturated rings. The summed E-state index contributed by atoms with van der Waals surface area (Å²) >= 11 is 0. The van der Waals surface area contributed by atoms with Crippen LogP contribution in [0.15, 0.2) is 36.4 Å². The van der Waals surface area contributed by atoms with Gasteiger partial charge in [0.2, 0.25) is 0 Å². The van der Waals surface area contributed by atoms with Gasteiger partial charge < -0.3 is 9.84 Å². The largest absolute Gasteiger partial charge is 0.497 e. The standard InChI is InChI=1S/C15H16O3/c1-10(9-16)15(17)13-4-3-12-8-14(18-2)6-5-11(12)7-13/h3-8,10,16H,9H2,1-2H3/t10-/m0/s1. The molecule has 2 rings (SSSR count). The van der Waals surface area contributed by atoms with E-state index in [4.69, 9.17) is 9.84 Å². The number of carbonyl (C=O) groups excluding carboxylic acids is 1. The van der Waals surface area contributed by atoms with Crippen LogP contribution in [0.1, 0.15) is 17.3 Å². The van der Waals surface area contributed by atoms with E-state index in [1.54, 1.807) is 20.1 Å². The van der Waals surface area contributed by atoms with Gasteiger partial charge in [-0.2, -0.15) is 0 Å². The molecule has 0 aliphatic heterocycles. The van der Waals surface area contributed by atoms with E-state index in [1.165, 1.54) is 0 Å². The van der Waals surface area contributed by atoms with Crippen LogP contribution in [-0.2, 0) is 0 Å². The van der Waals surface area contributed by atoms with E-state index < -0.39 is 0 Å². The van der Waals surface area contributed by atoms with Gasteiger partial charge in [-0.15, -0.1) is 0 Å². The van der Waals surface area contributed by atoms with Gasteiger partial charge in [0.15, 0.2) is 5.78 Å². The van der Waals surface area contributed by atoms with Crippen LogP contribution in [0.4, 0.5) is 0 Å². The van der Waals surface area contributed by atoms with Crippen molar-refractivity contribution in [3.63, 3.8) is 0 Å². The number of rotatable bonds is 4. The monoisotopic (exact) mass is 244 g/mol. The summed E-state index contributed by atoms with van der Waals surface area (Å²) in [6.45, 7) is 1.60. The summed E-state index contributed by atoms with van der Waals surface area (Å²) in [4.78, 5) is 12.0. The maximum Gasteiger partial charge on any atom is 0.167 e. The minimum atomic E-state index is -0.360. The van der Waals surface area contributed by atoms with Crippen molar-refractivity contribution in [1.82, 2.24) is 0 Å². The van der Waals surface area contributed by atoms with E-state index >= 15 is 0 Å². The lowest BCUT2D eigenvalue weighted by Crippen LogP contribution is -2.14. The molecule has 0 amide bonds. The number of Topliss-reactive ketones (excluding diaryl/α,β-unsaturated/α-hetero) is 1. The third kappa shape index (κ3) is 2.36. The topological polar surface area (TPSA) is 46.5 Å². The maximum atomic E-state index is 12.0. The van der Waals surface area contributed by atoms with Gasteiger partial charge in [-0.3, -0.25) is 4.79 Å². The number of ether oxygens (including phenoxy) is 1. The Labute approximate surface area is 106 Å². The van der Waals surface area contributed by atoms with Crippen molar-refractivity contribution >= 4 is 16.6 Å². The molecule has 3 nitrogen and oxygen atoms in total. The highest BCUT2D eigenvalue weighted by Gasteiger charge is 2.14. The lowest BCUT2D eigenvalue weighted by Gasteiger charge is -2.08. The minimum Gasteiger partial charge on any atom is -0.497 e. The Kier molecular flexibility index (Phi) is 3.63. The molecule has 94 valence electrons. The number of ketones is 1. The van der Waals surface area contributed by atoms with Gasteiger partial charge in [0.25, 0.3) is 0 Å². The smallest absolute Gasteiger partial charge is 0.167 e. The molecule has 0 aliphatic rings. The summed E-state index contributed by atoms with van der Waals surface area (Å²) in [5.41, 5.74) is 0.634. The number of hydrogen-bond donors (Lipinski definition) is 1. The molecule has 3 heteroatoms. The fourth-order valence-corrected chi connectivity index (χ4v) is 1.87. The Balaban J connectivity index is 2.42. The third-order valence-electron chi connectivity index (χ3n) is 3.05. The first-order valence-electron chi connectivity index (χ1n) is 5.88. The fourth-order valence-electron chi connectivity index (χ4n) is 1.87. The fraction of sp³-hybridized carbons (Fsp3) is 0.267. The molecule has 1 atom stereocenters. The Bertz CT molecular complexity index is 575. The first-order valence-corrected chi connectivity index (χ1v) is 5.88. The SMILES string of the molecule is COc1ccc2cc(C(=O)[C@@H](C)CO)ccc2c1. The molecular weight excluding hydrogens is 228 g/mol. The Morgan fingerprint density at radius 3 is 2.56 bits per heavy atom. The van der Waals surface area contributed by atoms with Crippen LogP contribution in [0.3, 0.4) is 0 Å². The molecule has 0 bridgehead atoms. The zero-order valence-electron chi connectivity index (χ0n) is 10.5. The quantitative estimate of drug-likeness (QED) is 0.841. The molecule has 0 unspecified atom stereocenters. The highest BCUT2D eigenvalue weighted by atomic mass is 16.5. The van der Waals surface area contributed by atoms with Crippen molar-refractivity contribution in [2.24, 2.45) is 5.92 Å². The van der Waals surface area contributed by atoms with E-state index in [0.29, 0.717) is 5.56 Å². The lowest BCUT2D eigenvalue weighted by molar-refractivity contribution is 0.0878. The minimum absolute atomic E-state index is 0.0322. The van der Waals surface area contributed by atoms with Crippen LogP contribution in [0.5, 0.6) is 5.75 Å². The van der Waals surface area contributed by atoms with Gasteiger partial charge in [0.1, 0.15) is 5.75 Å². The maximum absolute atomic E-state index is 12.0. The first-order chi connectivity index (χ1) is 8.65. The van der Waals surface area contributed by atoms with Crippen LogP contribution in [-0.4, -0.2) is 24.6 Å². The number of fused-ring (bicyclic) bond motifs is 1. The molecule has 1 N–H and O–H groups in total. The Morgan fingerprint density at radius 2 is 1.89 bits per heavy atom. The molecule has 18 heavy (non-hydrogen) atoms. The third-order valence-corrected chi connectivity index (χ3v) is 3.05. The molecule has 0 heterocycles. The second-order valence-corrected chi connectivity index (χ2v) is 4.38. The molecule has 0 saturated carbocycles. The number of aliphatic hydroxyl groups excluding tert-OH is 1. The van der Waals surface area contributed by atoms with Crippen LogP contribution in [0.2, 0.25) is 0 Å². The molecule has 2 aromatic carbocycles. The van der Waals surface area contributed by atoms with E-state index in [-0.39, 0.29) is 18.3 Å². The van der Waals surface area contributed by atoms with Crippen LogP contribution < -0.4 is 4.74 Å². The number of hydrogen-bond acceptors (Lipinski definition) is 3. The molecule has 0 aliphatic carbocycles. The first kappa shape index (κ1) is 12.6. The van der Waals surface area contributed by atoms with Crippen molar-refractivity contribution in [3.05, 3.63) is 42.0 Å². The van der Waals surface area contributed by atoms with Crippen LogP contribution in [0.25, 0.3) is 10.8 Å². The van der Waals surface area contributed by atoms with Crippen molar-refractivity contribution < 1.29 is 14.6 Å². The number of benzene rings is 2. The average Bonchev–Trinajstić information content (AvgIpc) is 2.44. The van der Waals surface area contributed by atoms with E-state index in [2.05, 4.69) is 0 Å². The van der Waals surface area contributed by atoms with Crippen LogP contribution >= 0.6 is 0 Å². The van der Waals surface area contributed by atoms with E-state index in [9.17, 15) is 4.79 Å². The average molecular weight is 244 g/mol. The van der Waals surface area contributed by atoms with Crippen molar-refractivity contribution in [2.75, 3.05) is 13.7 Å². The van der Waals surface area contributed by atoms with Gasteiger partial charge in [-0.25, -0.2) is 0 Å². The van der Waals surface area contributed by atoms with Crippen LogP contribution in [0, 0.1) is 5.92 Å². The summed E-state index contributed by atoms with van der Waals surface area (Å²) in [6, 6.07) is 11.3. The molecule has 0 saturated heterocycles. The summed E-state index contributed by atoms with van der Waals surface area (Å²) in [7, 11) is 1.63. The zero-order valence-corrected chi connectivity index (χ0v) is 10.5. The number of carbonyl (C=O) groups is 1. The number of methoxy groups -OCH3 is 1. The molecule has 0 aromatic heterocycles. The van der Waals surface area contributed by atoms with Gasteiger partial charge in [0.05, 0.1) is 13.7 Å². The Hall–Kier alpha value is -1.87. The summed E-state index contributed by atoms with van der Waals surface area (Å²) in [6.07, 6.45) is 0. The van der Waals surface area contributed by atoms with Gasteiger partial charge in [-0.1, -0.05) is 25.1 Å². The molecular formula is C15H16O3. The summed E-state index contributed by atoms with van der Waals surface area (Å²) in [5.74, 6) is 0.404. The highest BCUT2D eigenvalue weighted by Crippen LogP contribution is 2.22. The normalized spacial score (nSPS) is 12.4. The Morgan fingerprint density at radius 1 is 1.22 bits per heavy atom. The summed E-state index contributed by atoms with van der Waals surface area (Å²) < 4.78 is 5.16. The van der Waals surface area contributed by atoms with Gasteiger partial charge in [-0.05, 0) is 29.0 Å². The summed E-state index contributed by atoms with van der Waals surface area (Å²) in [5, 5.41) is 11.0. The zero-order chi connectivity index (χ0) is 13.1. The molecule has 0 spiro atoms. The second kappa shape index (κ2) is 5.19. The van der Waals surface area contributed by atoms with Gasteiger partial charge >= 0.3 is 0 Å². The van der Waals surface area contributed by atoms with Gasteiger partial charge in [0, 0.05) is 11.5 Å². The van der Waals surface area contributed by atoms with Crippen molar-refractivity contribution in [1.29, 1.82) is 0 Å². The predicted molar refractivity (Wildman–Crippen MR) is 71.1 cm³/mol. The molecule has 0 radical (unpaired) electrons. The van der Waals surface area contributed by atoms with Crippen molar-refractivity contribution in [2.45, 2.75) is 6.92 Å². The van der Waals surface area contributed by atoms with Crippen molar-refractivity contribution in [3.8, 4) is 5.75 Å². The highest BCUT2D eigenvalue weighted by molar-refractivity contribution is 6.01. The second-order valence-electron chi connectivity index (χ2n) is 4.38. The lowest BCUT2D eigenvalue weighted by atomic mass is 9.97. The predicted octanol–water partition coefficient (Wildman–Crippen LogP) is 2.66. The van der Waals surface area contributed by atoms with E-state index in [0.717, 1.165) is 16.5 Å².